The molecule has 5 nitrogen and oxygen atoms in total. The molecule has 32 heavy (non-hydrogen) atoms. The molecule has 0 bridgehead atoms. The highest BCUT2D eigenvalue weighted by Crippen LogP contribution is 2.49. The van der Waals surface area contributed by atoms with Crippen LogP contribution < -0.4 is 9.47 Å². The third kappa shape index (κ3) is 3.20. The van der Waals surface area contributed by atoms with Gasteiger partial charge in [0.2, 0.25) is 5.78 Å². The van der Waals surface area contributed by atoms with Crippen LogP contribution in [0, 0.1) is 17.5 Å². The Morgan fingerprint density at radius 2 is 1.72 bits per heavy atom. The van der Waals surface area contributed by atoms with Crippen LogP contribution in [0.4, 0.5) is 13.2 Å². The first-order valence-electron chi connectivity index (χ1n) is 9.57. The highest BCUT2D eigenvalue weighted by molar-refractivity contribution is 6.15. The number of carbonyl (C=O) groups excluding carboxylic acids is 2. The number of carbonyl (C=O) groups is 2. The SMILES string of the molecule is O=C1C[C@@H](c2cccc(O)c2)c2c(ccc3c2O/C(=C\c2cc(F)c(F)c(F)c2)C3=O)O1. The highest BCUT2D eigenvalue weighted by atomic mass is 19.2. The second kappa shape index (κ2) is 7.26. The first-order chi connectivity index (χ1) is 15.3. The highest BCUT2D eigenvalue weighted by Gasteiger charge is 2.38. The fourth-order valence-electron chi connectivity index (χ4n) is 3.94. The van der Waals surface area contributed by atoms with Crippen molar-refractivity contribution in [3.63, 3.8) is 0 Å². The first kappa shape index (κ1) is 19.9. The molecule has 3 aromatic carbocycles. The summed E-state index contributed by atoms with van der Waals surface area (Å²) in [6.45, 7) is 0. The number of hydrogen-bond donors (Lipinski definition) is 1. The van der Waals surface area contributed by atoms with Crippen molar-refractivity contribution in [3.05, 3.63) is 94.0 Å². The lowest BCUT2D eigenvalue weighted by molar-refractivity contribution is -0.135. The number of hydrogen-bond acceptors (Lipinski definition) is 5. The van der Waals surface area contributed by atoms with Gasteiger partial charge in [0, 0.05) is 11.5 Å². The van der Waals surface area contributed by atoms with Gasteiger partial charge in [0.25, 0.3) is 0 Å². The summed E-state index contributed by atoms with van der Waals surface area (Å²) >= 11 is 0. The lowest BCUT2D eigenvalue weighted by Gasteiger charge is -2.26. The lowest BCUT2D eigenvalue weighted by Crippen LogP contribution is -2.21. The van der Waals surface area contributed by atoms with Gasteiger partial charge in [-0.05, 0) is 53.6 Å². The molecule has 0 saturated heterocycles. The topological polar surface area (TPSA) is 72.8 Å². The Morgan fingerprint density at radius 1 is 0.969 bits per heavy atom. The van der Waals surface area contributed by atoms with E-state index in [0.717, 1.165) is 18.2 Å². The van der Waals surface area contributed by atoms with E-state index in [1.54, 1.807) is 12.1 Å². The van der Waals surface area contributed by atoms with Crippen LogP contribution >= 0.6 is 0 Å². The van der Waals surface area contributed by atoms with Gasteiger partial charge in [0.05, 0.1) is 12.0 Å². The normalized spacial score (nSPS) is 18.2. The first-order valence-corrected chi connectivity index (χ1v) is 9.57. The van der Waals surface area contributed by atoms with E-state index in [0.29, 0.717) is 11.1 Å². The van der Waals surface area contributed by atoms with Gasteiger partial charge in [-0.2, -0.15) is 0 Å². The fourth-order valence-corrected chi connectivity index (χ4v) is 3.94. The zero-order chi connectivity index (χ0) is 22.6. The van der Waals surface area contributed by atoms with E-state index in [4.69, 9.17) is 9.47 Å². The van der Waals surface area contributed by atoms with Gasteiger partial charge in [-0.15, -0.1) is 0 Å². The number of aromatic hydroxyl groups is 1. The number of ketones is 1. The minimum Gasteiger partial charge on any atom is -0.508 e. The summed E-state index contributed by atoms with van der Waals surface area (Å²) in [5.74, 6) is -5.83. The molecule has 0 radical (unpaired) electrons. The van der Waals surface area contributed by atoms with E-state index in [1.807, 2.05) is 0 Å². The van der Waals surface area contributed by atoms with Crippen LogP contribution in [0.5, 0.6) is 17.2 Å². The fraction of sp³-hybridized carbons (Fsp3) is 0.0833. The molecule has 2 heterocycles. The smallest absolute Gasteiger partial charge is 0.312 e. The summed E-state index contributed by atoms with van der Waals surface area (Å²) in [7, 11) is 0. The van der Waals surface area contributed by atoms with E-state index < -0.39 is 35.1 Å². The van der Waals surface area contributed by atoms with Gasteiger partial charge in [-0.25, -0.2) is 13.2 Å². The number of Topliss-reactive ketones (excluding diaryl/α,β-unsaturated/α-hetero) is 1. The Morgan fingerprint density at radius 3 is 2.44 bits per heavy atom. The van der Waals surface area contributed by atoms with Crippen molar-refractivity contribution in [2.45, 2.75) is 12.3 Å². The summed E-state index contributed by atoms with van der Waals surface area (Å²) < 4.78 is 51.5. The average molecular weight is 438 g/mol. The van der Waals surface area contributed by atoms with Crippen LogP contribution in [-0.4, -0.2) is 16.9 Å². The van der Waals surface area contributed by atoms with Crippen LogP contribution in [0.1, 0.15) is 39.4 Å². The minimum absolute atomic E-state index is 0.00788. The minimum atomic E-state index is -1.61. The third-order valence-corrected chi connectivity index (χ3v) is 5.36. The monoisotopic (exact) mass is 438 g/mol. The summed E-state index contributed by atoms with van der Waals surface area (Å²) in [4.78, 5) is 25.0. The molecule has 0 spiro atoms. The molecule has 160 valence electrons. The molecule has 1 N–H and O–H groups in total. The van der Waals surface area contributed by atoms with Crippen LogP contribution in [0.3, 0.4) is 0 Å². The quantitative estimate of drug-likeness (QED) is 0.268. The van der Waals surface area contributed by atoms with Crippen molar-refractivity contribution < 1.29 is 37.3 Å². The van der Waals surface area contributed by atoms with Crippen molar-refractivity contribution in [1.82, 2.24) is 0 Å². The summed E-state index contributed by atoms with van der Waals surface area (Å²) in [6.07, 6.45) is 1.07. The molecule has 1 atom stereocenters. The number of allylic oxidation sites excluding steroid dienone is 1. The molecule has 0 amide bonds. The molecule has 2 aliphatic rings. The Labute approximate surface area is 179 Å². The van der Waals surface area contributed by atoms with E-state index >= 15 is 0 Å². The van der Waals surface area contributed by atoms with E-state index in [2.05, 4.69) is 0 Å². The van der Waals surface area contributed by atoms with Crippen molar-refractivity contribution in [2.75, 3.05) is 0 Å². The van der Waals surface area contributed by atoms with Gasteiger partial charge >= 0.3 is 5.97 Å². The van der Waals surface area contributed by atoms with E-state index in [1.165, 1.54) is 24.3 Å². The Bertz CT molecular complexity index is 1320. The summed E-state index contributed by atoms with van der Waals surface area (Å²) in [5.41, 5.74) is 1.15. The van der Waals surface area contributed by atoms with Gasteiger partial charge < -0.3 is 14.6 Å². The molecule has 0 fully saturated rings. The second-order valence-electron chi connectivity index (χ2n) is 7.42. The maximum atomic E-state index is 13.6. The van der Waals surface area contributed by atoms with Crippen molar-refractivity contribution in [1.29, 1.82) is 0 Å². The maximum Gasteiger partial charge on any atom is 0.312 e. The van der Waals surface area contributed by atoms with E-state index in [9.17, 15) is 27.9 Å². The largest absolute Gasteiger partial charge is 0.508 e. The Kier molecular flexibility index (Phi) is 4.51. The Hall–Kier alpha value is -4.07. The van der Waals surface area contributed by atoms with Crippen molar-refractivity contribution in [2.24, 2.45) is 0 Å². The maximum absolute atomic E-state index is 13.6. The van der Waals surface area contributed by atoms with Gasteiger partial charge in [-0.1, -0.05) is 12.1 Å². The molecule has 3 aromatic rings. The number of ether oxygens (including phenoxy) is 2. The molecule has 5 rings (SSSR count). The zero-order valence-corrected chi connectivity index (χ0v) is 16.2. The predicted octanol–water partition coefficient (Wildman–Crippen LogP) is 4.87. The molecule has 0 saturated carbocycles. The van der Waals surface area contributed by atoms with Crippen LogP contribution in [0.2, 0.25) is 0 Å². The Balaban J connectivity index is 1.61. The standard InChI is InChI=1S/C24H13F3O5/c25-16-6-11(7-17(26)22(16)27)8-19-23(30)14-4-5-18-21(24(14)32-19)15(10-20(29)31-18)12-2-1-3-13(28)9-12/h1-9,15,28H,10H2/b19-8-/t15-/m0/s1. The number of benzene rings is 3. The number of phenolic OH excluding ortho intramolecular Hbond substituents is 1. The predicted molar refractivity (Wildman–Crippen MR) is 106 cm³/mol. The molecule has 0 aliphatic carbocycles. The number of halogens is 3. The van der Waals surface area contributed by atoms with Gasteiger partial charge in [0.1, 0.15) is 17.2 Å². The summed E-state index contributed by atoms with van der Waals surface area (Å²) in [5, 5.41) is 9.86. The van der Waals surface area contributed by atoms with Gasteiger partial charge in [0.15, 0.2) is 23.2 Å². The van der Waals surface area contributed by atoms with E-state index in [-0.39, 0.29) is 40.6 Å². The molecule has 8 heteroatoms. The molecule has 2 aliphatic heterocycles. The summed E-state index contributed by atoms with van der Waals surface area (Å²) in [6, 6.07) is 10.7. The number of fused-ring (bicyclic) bond motifs is 3. The van der Waals surface area contributed by atoms with Gasteiger partial charge in [-0.3, -0.25) is 9.59 Å². The van der Waals surface area contributed by atoms with Crippen molar-refractivity contribution in [3.8, 4) is 17.2 Å². The second-order valence-corrected chi connectivity index (χ2v) is 7.42. The lowest BCUT2D eigenvalue weighted by atomic mass is 9.84. The number of phenols is 1. The molecule has 0 aromatic heterocycles. The molecule has 0 unspecified atom stereocenters. The third-order valence-electron chi connectivity index (χ3n) is 5.36. The van der Waals surface area contributed by atoms with Crippen molar-refractivity contribution >= 4 is 17.8 Å². The number of rotatable bonds is 2. The zero-order valence-electron chi connectivity index (χ0n) is 16.2. The van der Waals surface area contributed by atoms with Crippen LogP contribution in [-0.2, 0) is 4.79 Å². The van der Waals surface area contributed by atoms with Crippen LogP contribution in [0.15, 0.2) is 54.3 Å². The molecular formula is C24H13F3O5. The van der Waals surface area contributed by atoms with Crippen LogP contribution in [0.25, 0.3) is 6.08 Å². The molecular weight excluding hydrogens is 425 g/mol. The number of esters is 1. The average Bonchev–Trinajstić information content (AvgIpc) is 3.06.